The third-order valence-corrected chi connectivity index (χ3v) is 5.94. The maximum atomic E-state index is 11.8. The normalized spacial score (nSPS) is 58.0. The summed E-state index contributed by atoms with van der Waals surface area (Å²) in [6.45, 7) is 6.30. The topological polar surface area (TPSA) is 127 Å². The molecule has 8 atom stereocenters. The first-order chi connectivity index (χ1) is 9.96. The lowest BCUT2D eigenvalue weighted by Gasteiger charge is -2.45. The number of esters is 1. The molecule has 0 aromatic rings. The van der Waals surface area contributed by atoms with Crippen LogP contribution in [0.15, 0.2) is 12.2 Å². The number of hydrogen-bond acceptors (Lipinski definition) is 7. The summed E-state index contributed by atoms with van der Waals surface area (Å²) in [6.07, 6.45) is -4.02. The maximum absolute atomic E-state index is 11.8. The third-order valence-electron chi connectivity index (χ3n) is 5.94. The maximum Gasteiger partial charge on any atom is 0.334 e. The summed E-state index contributed by atoms with van der Waals surface area (Å²) in [5.41, 5.74) is -5.69. The molecule has 0 bridgehead atoms. The van der Waals surface area contributed by atoms with Crippen LogP contribution in [-0.4, -0.2) is 66.6 Å². The van der Waals surface area contributed by atoms with E-state index in [0.29, 0.717) is 6.42 Å². The van der Waals surface area contributed by atoms with Gasteiger partial charge in [-0.3, -0.25) is 0 Å². The van der Waals surface area contributed by atoms with Crippen LogP contribution < -0.4 is 0 Å². The number of aliphatic hydroxyl groups excluding tert-OH is 2. The second-order valence-electron chi connectivity index (χ2n) is 7.23. The molecule has 124 valence electrons. The first-order valence-corrected chi connectivity index (χ1v) is 7.39. The van der Waals surface area contributed by atoms with E-state index in [0.717, 1.165) is 0 Å². The predicted molar refractivity (Wildman–Crippen MR) is 73.4 cm³/mol. The van der Waals surface area contributed by atoms with Crippen molar-refractivity contribution in [3.8, 4) is 0 Å². The van der Waals surface area contributed by atoms with Crippen LogP contribution in [0.2, 0.25) is 0 Å². The Morgan fingerprint density at radius 2 is 1.77 bits per heavy atom. The molecule has 7 heteroatoms. The Hall–Kier alpha value is -0.990. The van der Waals surface area contributed by atoms with E-state index in [9.17, 15) is 30.3 Å². The highest BCUT2D eigenvalue weighted by Gasteiger charge is 2.75. The van der Waals surface area contributed by atoms with E-state index in [1.165, 1.54) is 13.8 Å². The summed E-state index contributed by atoms with van der Waals surface area (Å²) in [5, 5.41) is 52.9. The van der Waals surface area contributed by atoms with Crippen molar-refractivity contribution in [3.63, 3.8) is 0 Å². The van der Waals surface area contributed by atoms with E-state index in [2.05, 4.69) is 6.58 Å². The first kappa shape index (κ1) is 15.9. The first-order valence-electron chi connectivity index (χ1n) is 7.39. The van der Waals surface area contributed by atoms with Crippen LogP contribution in [0.5, 0.6) is 0 Å². The Balaban J connectivity index is 2.19. The Labute approximate surface area is 127 Å². The summed E-state index contributed by atoms with van der Waals surface area (Å²) in [6, 6.07) is 0. The molecule has 3 aliphatic rings. The summed E-state index contributed by atoms with van der Waals surface area (Å²) in [7, 11) is 0. The summed E-state index contributed by atoms with van der Waals surface area (Å²) in [4.78, 5) is 11.8. The third kappa shape index (κ3) is 1.60. The van der Waals surface area contributed by atoms with E-state index in [1.807, 2.05) is 0 Å². The van der Waals surface area contributed by atoms with Crippen LogP contribution in [0.1, 0.15) is 26.7 Å². The molecular formula is C15H22O7. The second kappa shape index (κ2) is 4.30. The largest absolute Gasteiger partial charge is 0.458 e. The number of ether oxygens (including phenoxy) is 1. The number of hydrogen-bond donors (Lipinski definition) is 5. The van der Waals surface area contributed by atoms with Crippen molar-refractivity contribution in [1.29, 1.82) is 0 Å². The summed E-state index contributed by atoms with van der Waals surface area (Å²) in [5.74, 6) is -2.34. The Bertz CT molecular complexity index is 540. The van der Waals surface area contributed by atoms with Gasteiger partial charge >= 0.3 is 5.97 Å². The predicted octanol–water partition coefficient (Wildman–Crippen LogP) is -1.54. The molecule has 7 nitrogen and oxygen atoms in total. The highest BCUT2D eigenvalue weighted by atomic mass is 16.6. The molecule has 3 rings (SSSR count). The van der Waals surface area contributed by atoms with E-state index in [4.69, 9.17) is 4.74 Å². The number of carbonyl (C=O) groups excluding carboxylic acids is 1. The molecule has 0 aromatic carbocycles. The fourth-order valence-corrected chi connectivity index (χ4v) is 4.52. The van der Waals surface area contributed by atoms with Gasteiger partial charge in [0.1, 0.15) is 23.9 Å². The number of fused-ring (bicyclic) bond motifs is 3. The van der Waals surface area contributed by atoms with Gasteiger partial charge in [-0.15, -0.1) is 0 Å². The van der Waals surface area contributed by atoms with Gasteiger partial charge in [-0.1, -0.05) is 6.58 Å². The van der Waals surface area contributed by atoms with Crippen LogP contribution in [0.3, 0.4) is 0 Å². The molecule has 5 N–H and O–H groups in total. The van der Waals surface area contributed by atoms with Crippen LogP contribution in [0.25, 0.3) is 0 Å². The minimum absolute atomic E-state index is 0.0662. The molecule has 22 heavy (non-hydrogen) atoms. The lowest BCUT2D eigenvalue weighted by Crippen LogP contribution is -2.64. The van der Waals surface area contributed by atoms with Crippen LogP contribution in [0.4, 0.5) is 0 Å². The van der Waals surface area contributed by atoms with Gasteiger partial charge in [0, 0.05) is 11.5 Å². The zero-order valence-corrected chi connectivity index (χ0v) is 12.6. The van der Waals surface area contributed by atoms with E-state index < -0.39 is 52.9 Å². The molecule has 0 radical (unpaired) electrons. The Morgan fingerprint density at radius 3 is 2.36 bits per heavy atom. The standard InChI is InChI=1S/C15H22O7/c1-6-7-4-5-13(2,19)15(21)9(8(7)22-12(6)18)14(3,20)10(16)11(15)17/h7-11,16-17,19-21H,1,4-5H2,2-3H3/t7-,8-,9-,10+,11-,13+,14-,15+/m0/s1. The second-order valence-corrected chi connectivity index (χ2v) is 7.23. The molecular weight excluding hydrogens is 292 g/mol. The Morgan fingerprint density at radius 1 is 1.18 bits per heavy atom. The average molecular weight is 314 g/mol. The van der Waals surface area contributed by atoms with Crippen molar-refractivity contribution >= 4 is 5.97 Å². The van der Waals surface area contributed by atoms with Gasteiger partial charge in [0.2, 0.25) is 0 Å². The molecule has 0 spiro atoms. The SMILES string of the molecule is C=C1C(=O)O[C@H]2[C@H]1CC[C@@](C)(O)[C@]1(O)[C@@H](O)[C@@H](O)[C@@](C)(O)[C@H]21. The van der Waals surface area contributed by atoms with Gasteiger partial charge in [0.15, 0.2) is 0 Å². The lowest BCUT2D eigenvalue weighted by molar-refractivity contribution is -0.226. The zero-order valence-electron chi connectivity index (χ0n) is 12.6. The molecule has 1 heterocycles. The average Bonchev–Trinajstić information content (AvgIpc) is 2.71. The molecule has 3 fully saturated rings. The van der Waals surface area contributed by atoms with Crippen molar-refractivity contribution in [2.45, 2.75) is 61.8 Å². The smallest absolute Gasteiger partial charge is 0.334 e. The van der Waals surface area contributed by atoms with Crippen molar-refractivity contribution < 1.29 is 35.1 Å². The Kier molecular flexibility index (Phi) is 3.11. The number of rotatable bonds is 0. The zero-order chi connectivity index (χ0) is 16.7. The fourth-order valence-electron chi connectivity index (χ4n) is 4.52. The minimum atomic E-state index is -2.21. The minimum Gasteiger partial charge on any atom is -0.458 e. The van der Waals surface area contributed by atoms with Gasteiger partial charge in [0.05, 0.1) is 17.1 Å². The molecule has 0 unspecified atom stereocenters. The molecule has 0 aromatic heterocycles. The van der Waals surface area contributed by atoms with Crippen LogP contribution in [0, 0.1) is 11.8 Å². The van der Waals surface area contributed by atoms with Crippen LogP contribution in [-0.2, 0) is 9.53 Å². The van der Waals surface area contributed by atoms with Crippen LogP contribution >= 0.6 is 0 Å². The highest BCUT2D eigenvalue weighted by Crippen LogP contribution is 2.57. The van der Waals surface area contributed by atoms with E-state index >= 15 is 0 Å². The quantitative estimate of drug-likeness (QED) is 0.271. The molecule has 1 aliphatic heterocycles. The van der Waals surface area contributed by atoms with Gasteiger partial charge in [-0.2, -0.15) is 0 Å². The van der Waals surface area contributed by atoms with Gasteiger partial charge < -0.3 is 30.3 Å². The molecule has 0 amide bonds. The van der Waals surface area contributed by atoms with E-state index in [-0.39, 0.29) is 12.0 Å². The van der Waals surface area contributed by atoms with Gasteiger partial charge in [-0.05, 0) is 26.7 Å². The van der Waals surface area contributed by atoms with Crippen molar-refractivity contribution in [2.75, 3.05) is 0 Å². The summed E-state index contributed by atoms with van der Waals surface area (Å²) < 4.78 is 5.27. The van der Waals surface area contributed by atoms with Crippen molar-refractivity contribution in [3.05, 3.63) is 12.2 Å². The van der Waals surface area contributed by atoms with E-state index in [1.54, 1.807) is 0 Å². The fraction of sp³-hybridized carbons (Fsp3) is 0.800. The molecule has 2 aliphatic carbocycles. The molecule has 2 saturated carbocycles. The van der Waals surface area contributed by atoms with Crippen molar-refractivity contribution in [1.82, 2.24) is 0 Å². The summed E-state index contributed by atoms with van der Waals surface area (Å²) >= 11 is 0. The van der Waals surface area contributed by atoms with Gasteiger partial charge in [0.25, 0.3) is 0 Å². The highest BCUT2D eigenvalue weighted by molar-refractivity contribution is 5.91. The number of carbonyl (C=O) groups is 1. The number of aliphatic hydroxyl groups is 5. The van der Waals surface area contributed by atoms with Gasteiger partial charge in [-0.25, -0.2) is 4.79 Å². The monoisotopic (exact) mass is 314 g/mol. The lowest BCUT2D eigenvalue weighted by atomic mass is 9.70. The van der Waals surface area contributed by atoms with Crippen molar-refractivity contribution in [2.24, 2.45) is 11.8 Å². The molecule has 1 saturated heterocycles.